The highest BCUT2D eigenvalue weighted by Crippen LogP contribution is 2.18. The van der Waals surface area contributed by atoms with Crippen molar-refractivity contribution < 1.29 is 4.39 Å². The maximum absolute atomic E-state index is 13.0. The van der Waals surface area contributed by atoms with E-state index in [2.05, 4.69) is 10.6 Å². The number of fused-ring (bicyclic) bond motifs is 2. The van der Waals surface area contributed by atoms with Crippen LogP contribution in [0.2, 0.25) is 0 Å². The summed E-state index contributed by atoms with van der Waals surface area (Å²) in [6.07, 6.45) is 4.06. The van der Waals surface area contributed by atoms with Crippen LogP contribution in [0.3, 0.4) is 0 Å². The molecule has 4 rings (SSSR count). The molecule has 0 bridgehead atoms. The predicted octanol–water partition coefficient (Wildman–Crippen LogP) is 3.75. The summed E-state index contributed by atoms with van der Waals surface area (Å²) in [5.41, 5.74) is 2.39. The zero-order valence-electron chi connectivity index (χ0n) is 15.4. The molecule has 5 nitrogen and oxygen atoms in total. The lowest BCUT2D eigenvalue weighted by Crippen LogP contribution is -2.28. The van der Waals surface area contributed by atoms with Gasteiger partial charge in [-0.15, -0.1) is 0 Å². The normalized spacial score (nSPS) is 13.6. The Labute approximate surface area is 167 Å². The fourth-order valence-corrected chi connectivity index (χ4v) is 3.65. The highest BCUT2D eigenvalue weighted by molar-refractivity contribution is 7.80. The number of halogens is 1. The molecular formula is C21H21FN4OS. The number of rotatable bonds is 3. The first-order valence-corrected chi connectivity index (χ1v) is 9.84. The highest BCUT2D eigenvalue weighted by atomic mass is 32.1. The molecule has 144 valence electrons. The van der Waals surface area contributed by atoms with E-state index in [0.717, 1.165) is 49.3 Å². The number of anilines is 1. The molecule has 0 unspecified atom stereocenters. The number of nitrogens with one attached hydrogen (secondary N) is 2. The lowest BCUT2D eigenvalue weighted by Gasteiger charge is -2.13. The molecule has 2 aromatic carbocycles. The van der Waals surface area contributed by atoms with Crippen LogP contribution in [0.15, 0.2) is 47.3 Å². The fourth-order valence-electron chi connectivity index (χ4n) is 3.46. The first-order valence-electron chi connectivity index (χ1n) is 9.43. The molecule has 0 radical (unpaired) electrons. The minimum Gasteiger partial charge on any atom is -0.358 e. The second-order valence-corrected chi connectivity index (χ2v) is 7.37. The van der Waals surface area contributed by atoms with E-state index in [0.29, 0.717) is 22.6 Å². The van der Waals surface area contributed by atoms with Gasteiger partial charge in [-0.25, -0.2) is 9.37 Å². The number of thiocarbonyl (C=S) groups is 1. The maximum Gasteiger partial charge on any atom is 0.261 e. The Bertz CT molecular complexity index is 1080. The molecule has 0 atom stereocenters. The molecule has 3 aromatic rings. The number of nitrogens with zero attached hydrogens (tertiary/aromatic N) is 2. The molecule has 1 aromatic heterocycles. The summed E-state index contributed by atoms with van der Waals surface area (Å²) in [5.74, 6) is 0.616. The first-order chi connectivity index (χ1) is 13.6. The largest absolute Gasteiger partial charge is 0.358 e. The van der Waals surface area contributed by atoms with Gasteiger partial charge in [-0.05, 0) is 61.0 Å². The average molecular weight is 396 g/mol. The smallest absolute Gasteiger partial charge is 0.261 e. The second kappa shape index (κ2) is 8.06. The van der Waals surface area contributed by atoms with E-state index >= 15 is 0 Å². The number of aromatic nitrogens is 2. The maximum atomic E-state index is 13.0. The van der Waals surface area contributed by atoms with E-state index in [-0.39, 0.29) is 11.4 Å². The van der Waals surface area contributed by atoms with Gasteiger partial charge in [-0.3, -0.25) is 9.36 Å². The summed E-state index contributed by atoms with van der Waals surface area (Å²) >= 11 is 5.34. The average Bonchev–Trinajstić information content (AvgIpc) is 2.94. The van der Waals surface area contributed by atoms with Crippen LogP contribution >= 0.6 is 12.2 Å². The Kier molecular flexibility index (Phi) is 5.34. The second-order valence-electron chi connectivity index (χ2n) is 6.96. The Morgan fingerprint density at radius 2 is 1.96 bits per heavy atom. The van der Waals surface area contributed by atoms with Gasteiger partial charge >= 0.3 is 0 Å². The van der Waals surface area contributed by atoms with Crippen LogP contribution in [0.1, 0.15) is 30.7 Å². The summed E-state index contributed by atoms with van der Waals surface area (Å²) in [4.78, 5) is 17.6. The lowest BCUT2D eigenvalue weighted by atomic mass is 10.2. The molecule has 0 spiro atoms. The summed E-state index contributed by atoms with van der Waals surface area (Å²) < 4.78 is 14.8. The molecule has 1 aliphatic rings. The van der Waals surface area contributed by atoms with E-state index < -0.39 is 0 Å². The minimum absolute atomic E-state index is 0.00994. The van der Waals surface area contributed by atoms with Crippen molar-refractivity contribution in [3.05, 3.63) is 70.0 Å². The third-order valence-corrected chi connectivity index (χ3v) is 5.19. The fraction of sp³-hybridized carbons (Fsp3) is 0.286. The molecule has 0 saturated heterocycles. The molecule has 0 saturated carbocycles. The van der Waals surface area contributed by atoms with Gasteiger partial charge in [0.2, 0.25) is 0 Å². The molecule has 28 heavy (non-hydrogen) atoms. The molecule has 7 heteroatoms. The van der Waals surface area contributed by atoms with Crippen molar-refractivity contribution in [2.45, 2.75) is 38.8 Å². The number of hydrogen-bond acceptors (Lipinski definition) is 3. The number of benzene rings is 2. The van der Waals surface area contributed by atoms with Crippen LogP contribution in [-0.4, -0.2) is 14.7 Å². The van der Waals surface area contributed by atoms with Gasteiger partial charge < -0.3 is 10.6 Å². The molecule has 0 aliphatic carbocycles. The van der Waals surface area contributed by atoms with Crippen molar-refractivity contribution in [3.63, 3.8) is 0 Å². The Morgan fingerprint density at radius 3 is 2.79 bits per heavy atom. The van der Waals surface area contributed by atoms with Crippen LogP contribution in [0, 0.1) is 5.82 Å². The highest BCUT2D eigenvalue weighted by Gasteiger charge is 2.14. The molecular weight excluding hydrogens is 375 g/mol. The zero-order valence-corrected chi connectivity index (χ0v) is 16.2. The van der Waals surface area contributed by atoms with Crippen LogP contribution < -0.4 is 16.2 Å². The van der Waals surface area contributed by atoms with E-state index in [1.165, 1.54) is 12.1 Å². The van der Waals surface area contributed by atoms with Crippen molar-refractivity contribution in [3.8, 4) is 0 Å². The Balaban J connectivity index is 1.51. The molecule has 2 N–H and O–H groups in total. The van der Waals surface area contributed by atoms with Crippen molar-refractivity contribution in [2.24, 2.45) is 0 Å². The molecule has 1 aliphatic heterocycles. The van der Waals surface area contributed by atoms with Crippen molar-refractivity contribution >= 4 is 33.9 Å². The van der Waals surface area contributed by atoms with E-state index in [1.54, 1.807) is 18.2 Å². The first kappa shape index (κ1) is 18.6. The minimum atomic E-state index is -0.265. The summed E-state index contributed by atoms with van der Waals surface area (Å²) in [6, 6.07) is 11.8. The Morgan fingerprint density at radius 1 is 1.14 bits per heavy atom. The van der Waals surface area contributed by atoms with E-state index in [9.17, 15) is 9.18 Å². The zero-order chi connectivity index (χ0) is 19.5. The van der Waals surface area contributed by atoms with Gasteiger partial charge in [-0.2, -0.15) is 0 Å². The third-order valence-electron chi connectivity index (χ3n) is 4.94. The van der Waals surface area contributed by atoms with Crippen LogP contribution in [-0.2, 0) is 19.5 Å². The standard InChI is InChI=1S/C21H21FN4OS/c22-15-7-5-14(6-8-15)13-23-21(28)24-16-9-10-18-17(12-16)20(27)26-11-3-1-2-4-19(26)25-18/h5-10,12H,1-4,11,13H2,(H2,23,24,28). The number of hydrogen-bond donors (Lipinski definition) is 2. The predicted molar refractivity (Wildman–Crippen MR) is 113 cm³/mol. The van der Waals surface area contributed by atoms with Crippen LogP contribution in [0.4, 0.5) is 10.1 Å². The van der Waals surface area contributed by atoms with Gasteiger partial charge in [0.05, 0.1) is 10.9 Å². The molecule has 0 fully saturated rings. The van der Waals surface area contributed by atoms with Gasteiger partial charge in [0.15, 0.2) is 5.11 Å². The van der Waals surface area contributed by atoms with Crippen LogP contribution in [0.5, 0.6) is 0 Å². The van der Waals surface area contributed by atoms with Crippen molar-refractivity contribution in [1.29, 1.82) is 0 Å². The van der Waals surface area contributed by atoms with Gasteiger partial charge in [0.1, 0.15) is 11.6 Å². The topological polar surface area (TPSA) is 59.0 Å². The van der Waals surface area contributed by atoms with Gasteiger partial charge in [0.25, 0.3) is 5.56 Å². The van der Waals surface area contributed by atoms with Gasteiger partial charge in [-0.1, -0.05) is 18.6 Å². The third kappa shape index (κ3) is 4.04. The summed E-state index contributed by atoms with van der Waals surface area (Å²) in [7, 11) is 0. The van der Waals surface area contributed by atoms with Crippen molar-refractivity contribution in [1.82, 2.24) is 14.9 Å². The van der Waals surface area contributed by atoms with E-state index in [4.69, 9.17) is 17.2 Å². The molecule has 0 amide bonds. The van der Waals surface area contributed by atoms with E-state index in [1.807, 2.05) is 16.7 Å². The van der Waals surface area contributed by atoms with Gasteiger partial charge in [0, 0.05) is 25.2 Å². The summed E-state index contributed by atoms with van der Waals surface area (Å²) in [6.45, 7) is 1.21. The molecule has 2 heterocycles. The Hall–Kier alpha value is -2.80. The quantitative estimate of drug-likeness (QED) is 0.661. The van der Waals surface area contributed by atoms with Crippen LogP contribution in [0.25, 0.3) is 10.9 Å². The summed E-state index contributed by atoms with van der Waals surface area (Å²) in [5, 5.41) is 7.22. The SMILES string of the molecule is O=c1c2cc(NC(=S)NCc3ccc(F)cc3)ccc2nc2n1CCCCC2. The monoisotopic (exact) mass is 396 g/mol. The van der Waals surface area contributed by atoms with Crippen molar-refractivity contribution in [2.75, 3.05) is 5.32 Å². The lowest BCUT2D eigenvalue weighted by molar-refractivity contribution is 0.614. The number of aryl methyl sites for hydroxylation is 1.